The molecular weight excluding hydrogens is 495 g/mol. The first-order chi connectivity index (χ1) is 17.4. The number of methoxy groups -OCH3 is 1. The smallest absolute Gasteiger partial charge is 0.374 e. The Bertz CT molecular complexity index is 538. The predicted molar refractivity (Wildman–Crippen MR) is 154 cm³/mol. The van der Waals surface area contributed by atoms with E-state index in [9.17, 15) is 14.5 Å². The molecule has 0 bridgehead atoms. The van der Waals surface area contributed by atoms with Crippen molar-refractivity contribution in [1.29, 1.82) is 0 Å². The summed E-state index contributed by atoms with van der Waals surface area (Å²) in [7, 11) is -0.829. The van der Waals surface area contributed by atoms with Gasteiger partial charge in [-0.25, -0.2) is 4.79 Å². The highest BCUT2D eigenvalue weighted by molar-refractivity contribution is 7.80. The van der Waals surface area contributed by atoms with Crippen molar-refractivity contribution in [1.82, 2.24) is 0 Å². The first-order valence-corrected chi connectivity index (χ1v) is 16.2. The average molecular weight is 553 g/mol. The third-order valence-corrected chi connectivity index (χ3v) is 7.83. The molecule has 0 aliphatic heterocycles. The summed E-state index contributed by atoms with van der Waals surface area (Å²) < 4.78 is 27.3. The molecule has 36 heavy (non-hydrogen) atoms. The SMILES string of the molecule is CCCCCCCCCCCC(CCCCCCCC)CC(S)OC(CC)OC(O)([PH2]=O)C(=O)OC. The third-order valence-electron chi connectivity index (χ3n) is 6.81. The maximum atomic E-state index is 11.8. The van der Waals surface area contributed by atoms with Gasteiger partial charge in [0, 0.05) is 0 Å². The van der Waals surface area contributed by atoms with Crippen molar-refractivity contribution < 1.29 is 28.7 Å². The van der Waals surface area contributed by atoms with E-state index in [0.29, 0.717) is 12.3 Å². The van der Waals surface area contributed by atoms with Crippen LogP contribution in [0.4, 0.5) is 0 Å². The van der Waals surface area contributed by atoms with E-state index in [0.717, 1.165) is 20.0 Å². The maximum Gasteiger partial charge on any atom is 0.374 e. The molecule has 0 saturated heterocycles. The van der Waals surface area contributed by atoms with Crippen LogP contribution < -0.4 is 0 Å². The van der Waals surface area contributed by atoms with Crippen LogP contribution in [0, 0.1) is 5.92 Å². The van der Waals surface area contributed by atoms with Crippen molar-refractivity contribution in [2.75, 3.05) is 7.11 Å². The third kappa shape index (κ3) is 18.2. The number of hydrogen-bond acceptors (Lipinski definition) is 7. The van der Waals surface area contributed by atoms with Gasteiger partial charge in [0.05, 0.1) is 7.11 Å². The number of carbonyl (C=O) groups excluding carboxylic acids is 1. The second-order valence-corrected chi connectivity index (χ2v) is 11.7. The lowest BCUT2D eigenvalue weighted by Gasteiger charge is -2.29. The molecule has 6 nitrogen and oxygen atoms in total. The fourth-order valence-electron chi connectivity index (χ4n) is 4.53. The first kappa shape index (κ1) is 35.9. The van der Waals surface area contributed by atoms with Gasteiger partial charge in [0.25, 0.3) is 0 Å². The van der Waals surface area contributed by atoms with Crippen molar-refractivity contribution in [2.45, 2.75) is 160 Å². The van der Waals surface area contributed by atoms with Crippen molar-refractivity contribution in [2.24, 2.45) is 5.92 Å². The molecule has 0 aliphatic rings. The van der Waals surface area contributed by atoms with E-state index in [4.69, 9.17) is 9.47 Å². The highest BCUT2D eigenvalue weighted by Crippen LogP contribution is 2.30. The number of hydrogen-bond donors (Lipinski definition) is 2. The van der Waals surface area contributed by atoms with E-state index in [1.807, 2.05) is 6.92 Å². The van der Waals surface area contributed by atoms with Gasteiger partial charge in [-0.15, -0.1) is 12.6 Å². The highest BCUT2D eigenvalue weighted by atomic mass is 32.1. The lowest BCUT2D eigenvalue weighted by molar-refractivity contribution is -0.257. The summed E-state index contributed by atoms with van der Waals surface area (Å²) in [5, 5.41) is 10.3. The van der Waals surface area contributed by atoms with Crippen LogP contribution in [0.2, 0.25) is 0 Å². The zero-order valence-corrected chi connectivity index (χ0v) is 25.7. The van der Waals surface area contributed by atoms with Crippen LogP contribution in [0.3, 0.4) is 0 Å². The fourth-order valence-corrected chi connectivity index (χ4v) is 5.39. The van der Waals surface area contributed by atoms with Crippen molar-refractivity contribution in [3.63, 3.8) is 0 Å². The summed E-state index contributed by atoms with van der Waals surface area (Å²) in [5.74, 6) is -0.554. The molecule has 0 amide bonds. The van der Waals surface area contributed by atoms with Gasteiger partial charge in [-0.3, -0.25) is 0 Å². The fraction of sp³-hybridized carbons (Fsp3) is 0.964. The Morgan fingerprint density at radius 3 is 1.67 bits per heavy atom. The van der Waals surface area contributed by atoms with E-state index in [-0.39, 0.29) is 5.44 Å². The van der Waals surface area contributed by atoms with E-state index >= 15 is 0 Å². The zero-order chi connectivity index (χ0) is 27.1. The summed E-state index contributed by atoms with van der Waals surface area (Å²) in [6.07, 6.45) is 22.2. The number of aliphatic hydroxyl groups is 1. The lowest BCUT2D eigenvalue weighted by Crippen LogP contribution is -2.41. The summed E-state index contributed by atoms with van der Waals surface area (Å²) in [5.41, 5.74) is -2.85. The molecule has 216 valence electrons. The molecule has 0 aromatic heterocycles. The molecular formula is C28H57O6PS. The minimum Gasteiger partial charge on any atom is -0.465 e. The van der Waals surface area contributed by atoms with Gasteiger partial charge in [0.15, 0.2) is 6.29 Å². The normalized spacial score (nSPS) is 16.2. The predicted octanol–water partition coefficient (Wildman–Crippen LogP) is 8.26. The Labute approximate surface area is 228 Å². The molecule has 5 atom stereocenters. The number of rotatable bonds is 26. The molecule has 0 spiro atoms. The molecule has 5 unspecified atom stereocenters. The van der Waals surface area contributed by atoms with Crippen LogP contribution in [0.15, 0.2) is 0 Å². The van der Waals surface area contributed by atoms with Gasteiger partial charge >= 0.3 is 11.5 Å². The minimum absolute atomic E-state index is 0.385. The molecule has 0 aromatic carbocycles. The number of unbranched alkanes of at least 4 members (excludes halogenated alkanes) is 13. The van der Waals surface area contributed by atoms with Crippen LogP contribution >= 0.6 is 21.1 Å². The largest absolute Gasteiger partial charge is 0.465 e. The summed E-state index contributed by atoms with van der Waals surface area (Å²) >= 11 is 4.66. The maximum absolute atomic E-state index is 11.8. The monoisotopic (exact) mass is 552 g/mol. The van der Waals surface area contributed by atoms with Crippen molar-refractivity contribution in [3.05, 3.63) is 0 Å². The molecule has 0 saturated carbocycles. The minimum atomic E-state index is -2.46. The molecule has 8 heteroatoms. The van der Waals surface area contributed by atoms with Crippen LogP contribution in [-0.4, -0.2) is 35.4 Å². The van der Waals surface area contributed by atoms with Gasteiger partial charge in [-0.2, -0.15) is 0 Å². The molecule has 0 aromatic rings. The van der Waals surface area contributed by atoms with Crippen LogP contribution in [0.1, 0.15) is 143 Å². The molecule has 0 heterocycles. The summed E-state index contributed by atoms with van der Waals surface area (Å²) in [6, 6.07) is 0. The van der Waals surface area contributed by atoms with Crippen LogP contribution in [-0.2, 0) is 23.6 Å². The number of esters is 1. The van der Waals surface area contributed by atoms with Gasteiger partial charge in [0.1, 0.15) is 13.9 Å². The van der Waals surface area contributed by atoms with E-state index < -0.39 is 26.2 Å². The van der Waals surface area contributed by atoms with Gasteiger partial charge in [0.2, 0.25) is 0 Å². The Hall–Kier alpha value is -0.0700. The van der Waals surface area contributed by atoms with Crippen LogP contribution in [0.25, 0.3) is 0 Å². The van der Waals surface area contributed by atoms with Gasteiger partial charge < -0.3 is 23.9 Å². The van der Waals surface area contributed by atoms with Crippen molar-refractivity contribution in [3.8, 4) is 0 Å². The molecule has 1 N–H and O–H groups in total. The number of ether oxygens (including phenoxy) is 3. The molecule has 0 fully saturated rings. The summed E-state index contributed by atoms with van der Waals surface area (Å²) in [6.45, 7) is 6.32. The van der Waals surface area contributed by atoms with Crippen LogP contribution in [0.5, 0.6) is 0 Å². The summed E-state index contributed by atoms with van der Waals surface area (Å²) in [4.78, 5) is 11.8. The molecule has 0 rings (SSSR count). The molecule has 0 aliphatic carbocycles. The average Bonchev–Trinajstić information content (AvgIpc) is 2.88. The van der Waals surface area contributed by atoms with Gasteiger partial charge in [-0.1, -0.05) is 130 Å². The zero-order valence-electron chi connectivity index (χ0n) is 23.7. The second kappa shape index (κ2) is 24.0. The Morgan fingerprint density at radius 1 is 0.833 bits per heavy atom. The standard InChI is InChI=1S/C28H57O6PS/c1-5-8-10-12-14-15-16-18-20-22-24(21-19-17-13-11-9-6-2)23-26(36)33-25(7-3)34-28(30,35-31)27(29)32-4/h24-26,30,36H,5-23,35H2,1-4H3. The molecule has 0 radical (unpaired) electrons. The first-order valence-electron chi connectivity index (χ1n) is 14.6. The van der Waals surface area contributed by atoms with E-state index in [1.165, 1.54) is 103 Å². The van der Waals surface area contributed by atoms with E-state index in [1.54, 1.807) is 0 Å². The quantitative estimate of drug-likeness (QED) is 0.0369. The highest BCUT2D eigenvalue weighted by Gasteiger charge is 2.40. The van der Waals surface area contributed by atoms with E-state index in [2.05, 4.69) is 31.2 Å². The van der Waals surface area contributed by atoms with Gasteiger partial charge in [-0.05, 0) is 18.8 Å². The van der Waals surface area contributed by atoms with Crippen molar-refractivity contribution >= 4 is 27.1 Å². The Morgan fingerprint density at radius 2 is 1.28 bits per heavy atom. The number of carbonyl (C=O) groups is 1. The Balaban J connectivity index is 4.64. The Kier molecular flexibility index (Phi) is 24.0. The topological polar surface area (TPSA) is 82.1 Å². The lowest BCUT2D eigenvalue weighted by atomic mass is 9.91. The number of thiol groups is 1. The second-order valence-electron chi connectivity index (χ2n) is 10.1.